The lowest BCUT2D eigenvalue weighted by atomic mass is 9.88. The number of hydrogen-bond donors (Lipinski definition) is 2. The van der Waals surface area contributed by atoms with Gasteiger partial charge in [-0.15, -0.1) is 0 Å². The maximum Gasteiger partial charge on any atom is 0.223 e. The summed E-state index contributed by atoms with van der Waals surface area (Å²) < 4.78 is 15.9. The second-order valence-electron chi connectivity index (χ2n) is 5.44. The van der Waals surface area contributed by atoms with Gasteiger partial charge in [0.25, 0.3) is 0 Å². The smallest absolute Gasteiger partial charge is 0.223 e. The molecule has 1 aliphatic rings. The van der Waals surface area contributed by atoms with Crippen molar-refractivity contribution in [2.24, 2.45) is 11.8 Å². The molecule has 2 N–H and O–H groups in total. The number of ether oxygens (including phenoxy) is 3. The Bertz CT molecular complexity index is 529. The van der Waals surface area contributed by atoms with Gasteiger partial charge in [0.2, 0.25) is 5.91 Å². The summed E-state index contributed by atoms with van der Waals surface area (Å²) >= 11 is 0. The van der Waals surface area contributed by atoms with E-state index in [-0.39, 0.29) is 11.8 Å². The maximum atomic E-state index is 12.2. The minimum absolute atomic E-state index is 0.00684. The summed E-state index contributed by atoms with van der Waals surface area (Å²) in [6, 6.07) is 3.59. The molecule has 122 valence electrons. The fourth-order valence-electron chi connectivity index (χ4n) is 2.45. The van der Waals surface area contributed by atoms with Gasteiger partial charge in [0.1, 0.15) is 5.75 Å². The van der Waals surface area contributed by atoms with E-state index in [9.17, 15) is 4.79 Å². The third-order valence-corrected chi connectivity index (χ3v) is 4.17. The van der Waals surface area contributed by atoms with E-state index in [2.05, 4.69) is 10.6 Å². The van der Waals surface area contributed by atoms with Crippen LogP contribution in [0.15, 0.2) is 12.1 Å². The summed E-state index contributed by atoms with van der Waals surface area (Å²) in [5, 5.41) is 6.15. The van der Waals surface area contributed by atoms with Crippen LogP contribution in [-0.2, 0) is 11.3 Å². The first-order valence-corrected chi connectivity index (χ1v) is 7.38. The quantitative estimate of drug-likeness (QED) is 0.792. The van der Waals surface area contributed by atoms with Gasteiger partial charge < -0.3 is 24.8 Å². The third kappa shape index (κ3) is 3.44. The molecular formula is C16H24N2O4. The predicted octanol–water partition coefficient (Wildman–Crippen LogP) is 1.18. The van der Waals surface area contributed by atoms with Gasteiger partial charge in [-0.05, 0) is 25.1 Å². The Morgan fingerprint density at radius 2 is 1.77 bits per heavy atom. The minimum Gasteiger partial charge on any atom is -0.496 e. The average molecular weight is 308 g/mol. The average Bonchev–Trinajstić information content (AvgIpc) is 2.49. The molecule has 0 aromatic heterocycles. The van der Waals surface area contributed by atoms with Crippen molar-refractivity contribution in [3.63, 3.8) is 0 Å². The summed E-state index contributed by atoms with van der Waals surface area (Å²) in [5.41, 5.74) is 0.854. The Labute approximate surface area is 131 Å². The van der Waals surface area contributed by atoms with Crippen LogP contribution < -0.4 is 24.8 Å². The van der Waals surface area contributed by atoms with E-state index in [1.165, 1.54) is 0 Å². The van der Waals surface area contributed by atoms with Crippen LogP contribution in [0.3, 0.4) is 0 Å². The van der Waals surface area contributed by atoms with Crippen LogP contribution >= 0.6 is 0 Å². The number of carbonyl (C=O) groups is 1. The molecule has 2 rings (SSSR count). The molecule has 6 nitrogen and oxygen atoms in total. The molecule has 1 heterocycles. The van der Waals surface area contributed by atoms with Crippen LogP contribution in [0.4, 0.5) is 0 Å². The highest BCUT2D eigenvalue weighted by molar-refractivity contribution is 5.78. The number of amides is 1. The van der Waals surface area contributed by atoms with Crippen molar-refractivity contribution in [1.82, 2.24) is 10.6 Å². The number of methoxy groups -OCH3 is 3. The van der Waals surface area contributed by atoms with E-state index in [0.29, 0.717) is 29.7 Å². The Kier molecular flexibility index (Phi) is 5.49. The molecule has 6 heteroatoms. The van der Waals surface area contributed by atoms with Gasteiger partial charge in [-0.3, -0.25) is 4.79 Å². The lowest BCUT2D eigenvalue weighted by Crippen LogP contribution is -2.49. The number of nitrogens with one attached hydrogen (secondary N) is 2. The van der Waals surface area contributed by atoms with Crippen molar-refractivity contribution in [2.45, 2.75) is 13.5 Å². The van der Waals surface area contributed by atoms with E-state index in [1.54, 1.807) is 27.4 Å². The highest BCUT2D eigenvalue weighted by Gasteiger charge is 2.28. The third-order valence-electron chi connectivity index (χ3n) is 4.17. The van der Waals surface area contributed by atoms with Gasteiger partial charge in [0.15, 0.2) is 11.5 Å². The Morgan fingerprint density at radius 3 is 2.27 bits per heavy atom. The van der Waals surface area contributed by atoms with E-state index in [0.717, 1.165) is 18.7 Å². The Morgan fingerprint density at radius 1 is 1.18 bits per heavy atom. The van der Waals surface area contributed by atoms with Crippen molar-refractivity contribution < 1.29 is 19.0 Å². The number of hydrogen-bond acceptors (Lipinski definition) is 5. The molecule has 1 atom stereocenters. The Balaban J connectivity index is 2.06. The van der Waals surface area contributed by atoms with Gasteiger partial charge in [-0.1, -0.05) is 6.92 Å². The summed E-state index contributed by atoms with van der Waals surface area (Å²) in [6.07, 6.45) is 0. The SMILES string of the molecule is COc1cc(OC)c(OC)cc1CNC(=O)C(C)C1CNC1. The van der Waals surface area contributed by atoms with E-state index in [1.807, 2.05) is 13.0 Å². The van der Waals surface area contributed by atoms with Crippen molar-refractivity contribution in [2.75, 3.05) is 34.4 Å². The fourth-order valence-corrected chi connectivity index (χ4v) is 2.45. The van der Waals surface area contributed by atoms with Crippen LogP contribution in [-0.4, -0.2) is 40.3 Å². The zero-order valence-corrected chi connectivity index (χ0v) is 13.6. The first-order valence-electron chi connectivity index (χ1n) is 7.38. The molecule has 0 spiro atoms. The van der Waals surface area contributed by atoms with Gasteiger partial charge in [-0.2, -0.15) is 0 Å². The van der Waals surface area contributed by atoms with Crippen molar-refractivity contribution in [3.05, 3.63) is 17.7 Å². The van der Waals surface area contributed by atoms with Crippen LogP contribution in [0.2, 0.25) is 0 Å². The van der Waals surface area contributed by atoms with Crippen LogP contribution in [0.25, 0.3) is 0 Å². The lowest BCUT2D eigenvalue weighted by Gasteiger charge is -2.31. The topological polar surface area (TPSA) is 68.8 Å². The van der Waals surface area contributed by atoms with Crippen molar-refractivity contribution in [1.29, 1.82) is 0 Å². The van der Waals surface area contributed by atoms with Gasteiger partial charge in [0.05, 0.1) is 21.3 Å². The van der Waals surface area contributed by atoms with E-state index in [4.69, 9.17) is 14.2 Å². The monoisotopic (exact) mass is 308 g/mol. The van der Waals surface area contributed by atoms with E-state index >= 15 is 0 Å². The van der Waals surface area contributed by atoms with Gasteiger partial charge in [-0.25, -0.2) is 0 Å². The molecule has 1 unspecified atom stereocenters. The molecule has 1 saturated heterocycles. The largest absolute Gasteiger partial charge is 0.496 e. The number of benzene rings is 1. The fraction of sp³-hybridized carbons (Fsp3) is 0.562. The summed E-state index contributed by atoms with van der Waals surface area (Å²) in [7, 11) is 4.75. The first-order chi connectivity index (χ1) is 10.6. The maximum absolute atomic E-state index is 12.2. The molecule has 0 aliphatic carbocycles. The highest BCUT2D eigenvalue weighted by Crippen LogP contribution is 2.34. The predicted molar refractivity (Wildman–Crippen MR) is 83.5 cm³/mol. The van der Waals surface area contributed by atoms with Crippen molar-refractivity contribution >= 4 is 5.91 Å². The van der Waals surface area contributed by atoms with Crippen LogP contribution in [0, 0.1) is 11.8 Å². The second-order valence-corrected chi connectivity index (χ2v) is 5.44. The molecule has 1 aromatic rings. The number of carbonyl (C=O) groups excluding carboxylic acids is 1. The summed E-state index contributed by atoms with van der Waals surface area (Å²) in [4.78, 5) is 12.2. The summed E-state index contributed by atoms with van der Waals surface area (Å²) in [6.45, 7) is 4.18. The van der Waals surface area contributed by atoms with Gasteiger partial charge >= 0.3 is 0 Å². The zero-order chi connectivity index (χ0) is 16.1. The van der Waals surface area contributed by atoms with E-state index < -0.39 is 0 Å². The molecule has 0 bridgehead atoms. The first kappa shape index (κ1) is 16.4. The molecule has 1 aromatic carbocycles. The normalized spacial score (nSPS) is 15.6. The molecule has 22 heavy (non-hydrogen) atoms. The van der Waals surface area contributed by atoms with Crippen LogP contribution in [0.1, 0.15) is 12.5 Å². The molecule has 0 saturated carbocycles. The van der Waals surface area contributed by atoms with Crippen LogP contribution in [0.5, 0.6) is 17.2 Å². The van der Waals surface area contributed by atoms with Crippen molar-refractivity contribution in [3.8, 4) is 17.2 Å². The Hall–Kier alpha value is -1.95. The highest BCUT2D eigenvalue weighted by atomic mass is 16.5. The molecular weight excluding hydrogens is 284 g/mol. The van der Waals surface area contributed by atoms with Gasteiger partial charge in [0, 0.05) is 24.1 Å². The summed E-state index contributed by atoms with van der Waals surface area (Å²) in [5.74, 6) is 2.37. The second kappa shape index (κ2) is 7.35. The molecule has 1 fully saturated rings. The molecule has 1 amide bonds. The lowest BCUT2D eigenvalue weighted by molar-refractivity contribution is -0.126. The number of rotatable bonds is 7. The molecule has 0 radical (unpaired) electrons. The molecule has 1 aliphatic heterocycles. The minimum atomic E-state index is 0.00684. The zero-order valence-electron chi connectivity index (χ0n) is 13.6. The standard InChI is InChI=1S/C16H24N2O4/c1-10(12-7-17-8-12)16(19)18-9-11-5-14(21-3)15(22-4)6-13(11)20-2/h5-6,10,12,17H,7-9H2,1-4H3,(H,18,19).